The third-order valence-electron chi connectivity index (χ3n) is 3.04. The molecule has 92 valence electrons. The maximum absolute atomic E-state index is 9.67. The van der Waals surface area contributed by atoms with Crippen molar-refractivity contribution in [2.45, 2.75) is 46.5 Å². The van der Waals surface area contributed by atoms with Crippen molar-refractivity contribution in [3.63, 3.8) is 0 Å². The van der Waals surface area contributed by atoms with E-state index in [9.17, 15) is 5.11 Å². The van der Waals surface area contributed by atoms with Crippen LogP contribution < -0.4 is 0 Å². The second-order valence-corrected chi connectivity index (χ2v) is 5.26. The van der Waals surface area contributed by atoms with Crippen molar-refractivity contribution in [1.82, 2.24) is 0 Å². The van der Waals surface area contributed by atoms with E-state index >= 15 is 0 Å². The Morgan fingerprint density at radius 1 is 1.06 bits per heavy atom. The Morgan fingerprint density at radius 3 is 2.29 bits per heavy atom. The zero-order chi connectivity index (χ0) is 12.0. The van der Waals surface area contributed by atoms with Crippen molar-refractivity contribution in [2.75, 3.05) is 0 Å². The summed E-state index contributed by atoms with van der Waals surface area (Å²) in [5, 5.41) is 9.67. The SMILES string of the molecule is CC(C)CCCC(C)Cc1ccccc1O.[NaH]. The Bertz CT molecular complexity index is 310. The van der Waals surface area contributed by atoms with E-state index in [1.54, 1.807) is 6.07 Å². The van der Waals surface area contributed by atoms with Gasteiger partial charge in [-0.25, -0.2) is 0 Å². The molecule has 0 saturated heterocycles. The second kappa shape index (κ2) is 9.02. The normalized spacial score (nSPS) is 12.2. The molecule has 1 rings (SSSR count). The standard InChI is InChI=1S/C15H24O.Na.H/c1-12(2)7-6-8-13(3)11-14-9-4-5-10-15(14)16;;/h4-5,9-10,12-13,16H,6-8,11H2,1-3H3;;. The van der Waals surface area contributed by atoms with Gasteiger partial charge in [0.25, 0.3) is 0 Å². The van der Waals surface area contributed by atoms with Gasteiger partial charge in [0, 0.05) is 0 Å². The Labute approximate surface area is 128 Å². The third kappa shape index (κ3) is 7.13. The minimum absolute atomic E-state index is 0. The van der Waals surface area contributed by atoms with Crippen LogP contribution in [0.25, 0.3) is 0 Å². The second-order valence-electron chi connectivity index (χ2n) is 5.26. The molecule has 17 heavy (non-hydrogen) atoms. The van der Waals surface area contributed by atoms with Crippen molar-refractivity contribution in [2.24, 2.45) is 11.8 Å². The zero-order valence-corrected chi connectivity index (χ0v) is 10.7. The van der Waals surface area contributed by atoms with Crippen LogP contribution in [-0.2, 0) is 6.42 Å². The van der Waals surface area contributed by atoms with Crippen LogP contribution in [0, 0.1) is 11.8 Å². The monoisotopic (exact) mass is 244 g/mol. The average Bonchev–Trinajstić information content (AvgIpc) is 2.21. The van der Waals surface area contributed by atoms with Crippen LogP contribution in [0.2, 0.25) is 0 Å². The van der Waals surface area contributed by atoms with Gasteiger partial charge in [0.2, 0.25) is 0 Å². The van der Waals surface area contributed by atoms with Crippen LogP contribution in [-0.4, -0.2) is 34.7 Å². The molecule has 1 aromatic rings. The fourth-order valence-electron chi connectivity index (χ4n) is 2.04. The van der Waals surface area contributed by atoms with Crippen LogP contribution >= 0.6 is 0 Å². The molecule has 1 nitrogen and oxygen atoms in total. The van der Waals surface area contributed by atoms with Crippen molar-refractivity contribution in [3.8, 4) is 5.75 Å². The molecule has 0 bridgehead atoms. The van der Waals surface area contributed by atoms with Crippen molar-refractivity contribution in [1.29, 1.82) is 0 Å². The van der Waals surface area contributed by atoms with Gasteiger partial charge in [0.15, 0.2) is 0 Å². The van der Waals surface area contributed by atoms with Gasteiger partial charge in [0.05, 0.1) is 0 Å². The summed E-state index contributed by atoms with van der Waals surface area (Å²) in [6.45, 7) is 6.81. The third-order valence-corrected chi connectivity index (χ3v) is 3.04. The molecule has 0 amide bonds. The van der Waals surface area contributed by atoms with Crippen molar-refractivity contribution >= 4 is 29.6 Å². The number of phenols is 1. The van der Waals surface area contributed by atoms with E-state index in [1.807, 2.05) is 18.2 Å². The van der Waals surface area contributed by atoms with E-state index in [0.717, 1.165) is 17.9 Å². The van der Waals surface area contributed by atoms with Gasteiger partial charge in [-0.3, -0.25) is 0 Å². The van der Waals surface area contributed by atoms with Crippen LogP contribution in [0.15, 0.2) is 24.3 Å². The molecule has 1 unspecified atom stereocenters. The molecule has 2 heteroatoms. The summed E-state index contributed by atoms with van der Waals surface area (Å²) in [7, 11) is 0. The van der Waals surface area contributed by atoms with E-state index in [1.165, 1.54) is 19.3 Å². The molecular formula is C15H25NaO. The zero-order valence-electron chi connectivity index (χ0n) is 10.7. The summed E-state index contributed by atoms with van der Waals surface area (Å²) in [4.78, 5) is 0. The van der Waals surface area contributed by atoms with Crippen molar-refractivity contribution < 1.29 is 5.11 Å². The summed E-state index contributed by atoms with van der Waals surface area (Å²) in [5.74, 6) is 1.91. The molecule has 1 N–H and O–H groups in total. The van der Waals surface area contributed by atoms with E-state index in [2.05, 4.69) is 20.8 Å². The van der Waals surface area contributed by atoms with Crippen LogP contribution in [0.1, 0.15) is 45.6 Å². The molecule has 0 aliphatic carbocycles. The number of benzene rings is 1. The van der Waals surface area contributed by atoms with Crippen LogP contribution in [0.4, 0.5) is 0 Å². The molecule has 0 spiro atoms. The summed E-state index contributed by atoms with van der Waals surface area (Å²) in [6, 6.07) is 7.67. The summed E-state index contributed by atoms with van der Waals surface area (Å²) in [6.07, 6.45) is 4.86. The Morgan fingerprint density at radius 2 is 1.71 bits per heavy atom. The van der Waals surface area contributed by atoms with Gasteiger partial charge in [-0.05, 0) is 29.9 Å². The van der Waals surface area contributed by atoms with Gasteiger partial charge >= 0.3 is 29.6 Å². The van der Waals surface area contributed by atoms with Gasteiger partial charge in [-0.1, -0.05) is 58.2 Å². The summed E-state index contributed by atoms with van der Waals surface area (Å²) >= 11 is 0. The first-order chi connectivity index (χ1) is 7.59. The average molecular weight is 244 g/mol. The van der Waals surface area contributed by atoms with Gasteiger partial charge < -0.3 is 5.11 Å². The number of rotatable bonds is 6. The summed E-state index contributed by atoms with van der Waals surface area (Å²) in [5.41, 5.74) is 1.08. The van der Waals surface area contributed by atoms with Crippen LogP contribution in [0.3, 0.4) is 0 Å². The van der Waals surface area contributed by atoms with Gasteiger partial charge in [0.1, 0.15) is 5.75 Å². The Hall–Kier alpha value is 0.0200. The maximum atomic E-state index is 9.67. The van der Waals surface area contributed by atoms with Gasteiger partial charge in [-0.2, -0.15) is 0 Å². The first-order valence-corrected chi connectivity index (χ1v) is 6.36. The fraction of sp³-hybridized carbons (Fsp3) is 0.600. The number of para-hydroxylation sites is 1. The van der Waals surface area contributed by atoms with Gasteiger partial charge in [-0.15, -0.1) is 0 Å². The van der Waals surface area contributed by atoms with Crippen molar-refractivity contribution in [3.05, 3.63) is 29.8 Å². The Kier molecular flexibility index (Phi) is 9.03. The first-order valence-electron chi connectivity index (χ1n) is 6.36. The molecule has 1 aromatic carbocycles. The molecule has 0 radical (unpaired) electrons. The molecule has 1 atom stereocenters. The summed E-state index contributed by atoms with van der Waals surface area (Å²) < 4.78 is 0. The predicted molar refractivity (Wildman–Crippen MR) is 76.8 cm³/mol. The quantitative estimate of drug-likeness (QED) is 0.756. The minimum atomic E-state index is 0. The topological polar surface area (TPSA) is 20.2 Å². The number of hydrogen-bond donors (Lipinski definition) is 1. The molecular weight excluding hydrogens is 219 g/mol. The molecule has 0 heterocycles. The first kappa shape index (κ1) is 17.0. The molecule has 0 saturated carbocycles. The van der Waals surface area contributed by atoms with E-state index in [4.69, 9.17) is 0 Å². The number of aromatic hydroxyl groups is 1. The molecule has 0 fully saturated rings. The number of hydrogen-bond acceptors (Lipinski definition) is 1. The predicted octanol–water partition coefficient (Wildman–Crippen LogP) is 3.75. The molecule has 0 aromatic heterocycles. The Balaban J connectivity index is 0.00000256. The van der Waals surface area contributed by atoms with E-state index < -0.39 is 0 Å². The van der Waals surface area contributed by atoms with Crippen LogP contribution in [0.5, 0.6) is 5.75 Å². The van der Waals surface area contributed by atoms with E-state index in [-0.39, 0.29) is 29.6 Å². The fourth-order valence-corrected chi connectivity index (χ4v) is 2.04. The molecule has 0 aliphatic heterocycles. The number of phenolic OH excluding ortho intramolecular Hbond substituents is 1. The van der Waals surface area contributed by atoms with E-state index in [0.29, 0.717) is 11.7 Å². The molecule has 0 aliphatic rings.